The Labute approximate surface area is 58.6 Å². The first-order valence-electron chi connectivity index (χ1n) is 2.97. The monoisotopic (exact) mass is 140 g/mol. The number of aliphatic hydroxyl groups excluding tert-OH is 1. The van der Waals surface area contributed by atoms with Crippen LogP contribution in [0.15, 0.2) is 23.8 Å². The minimum atomic E-state index is -1.07. The van der Waals surface area contributed by atoms with Crippen LogP contribution in [0.4, 0.5) is 0 Å². The second-order valence-electron chi connectivity index (χ2n) is 1.93. The summed E-state index contributed by atoms with van der Waals surface area (Å²) in [4.78, 5) is 10.4. The van der Waals surface area contributed by atoms with Gasteiger partial charge in [0.15, 0.2) is 0 Å². The van der Waals surface area contributed by atoms with Gasteiger partial charge in [-0.05, 0) is 6.92 Å². The Balaban J connectivity index is 2.75. The van der Waals surface area contributed by atoms with E-state index >= 15 is 0 Å². The second kappa shape index (κ2) is 2.66. The van der Waals surface area contributed by atoms with Crippen LogP contribution < -0.4 is 0 Å². The Kier molecular flexibility index (Phi) is 1.87. The lowest BCUT2D eigenvalue weighted by Gasteiger charge is -2.01. The van der Waals surface area contributed by atoms with E-state index in [9.17, 15) is 4.79 Å². The van der Waals surface area contributed by atoms with E-state index in [-0.39, 0.29) is 0 Å². The maximum absolute atomic E-state index is 10.4. The van der Waals surface area contributed by atoms with E-state index in [1.54, 1.807) is 19.1 Å². The lowest BCUT2D eigenvalue weighted by molar-refractivity contribution is -0.150. The van der Waals surface area contributed by atoms with Gasteiger partial charge in [-0.3, -0.25) is 0 Å². The lowest BCUT2D eigenvalue weighted by atomic mass is 10.2. The predicted molar refractivity (Wildman–Crippen MR) is 35.0 cm³/mol. The molecule has 1 aliphatic heterocycles. The number of ether oxygens (including phenoxy) is 1. The highest BCUT2D eigenvalue weighted by atomic mass is 16.6. The normalized spacial score (nSPS) is 25.2. The van der Waals surface area contributed by atoms with Gasteiger partial charge in [0.25, 0.3) is 0 Å². The minimum absolute atomic E-state index is 0.486. The smallest absolute Gasteiger partial charge is 0.333 e. The highest BCUT2D eigenvalue weighted by molar-refractivity contribution is 5.86. The highest BCUT2D eigenvalue weighted by Gasteiger charge is 2.20. The Morgan fingerprint density at radius 1 is 1.80 bits per heavy atom. The zero-order chi connectivity index (χ0) is 7.56. The molecule has 0 saturated carbocycles. The first-order chi connectivity index (χ1) is 4.74. The van der Waals surface area contributed by atoms with E-state index in [2.05, 4.69) is 4.74 Å². The van der Waals surface area contributed by atoms with Crippen LogP contribution in [0.5, 0.6) is 0 Å². The Morgan fingerprint density at radius 2 is 2.50 bits per heavy atom. The van der Waals surface area contributed by atoms with Gasteiger partial charge < -0.3 is 9.84 Å². The van der Waals surface area contributed by atoms with E-state index in [0.717, 1.165) is 0 Å². The summed E-state index contributed by atoms with van der Waals surface area (Å²) >= 11 is 0. The van der Waals surface area contributed by atoms with E-state index in [1.807, 2.05) is 0 Å². The third-order valence-corrected chi connectivity index (χ3v) is 1.16. The molecule has 1 N–H and O–H groups in total. The Hall–Kier alpha value is -1.09. The summed E-state index contributed by atoms with van der Waals surface area (Å²) in [6, 6.07) is 0. The van der Waals surface area contributed by atoms with Gasteiger partial charge in [-0.15, -0.1) is 0 Å². The van der Waals surface area contributed by atoms with Crippen molar-refractivity contribution in [1.82, 2.24) is 0 Å². The van der Waals surface area contributed by atoms with Crippen LogP contribution in [0.2, 0.25) is 0 Å². The van der Waals surface area contributed by atoms with Gasteiger partial charge >= 0.3 is 5.97 Å². The standard InChI is InChI=1S/C7H8O3/c1-2-3-5-4-6(8)10-7(5)9/h2-4,7,9H,1H3/b3-2+. The molecular formula is C7H8O3. The molecule has 1 atom stereocenters. The zero-order valence-corrected chi connectivity index (χ0v) is 5.57. The molecule has 0 amide bonds. The number of allylic oxidation sites excluding steroid dienone is 1. The quantitative estimate of drug-likeness (QED) is 0.535. The molecule has 1 rings (SSSR count). The fraction of sp³-hybridized carbons (Fsp3) is 0.286. The zero-order valence-electron chi connectivity index (χ0n) is 5.57. The molecule has 0 aromatic heterocycles. The average molecular weight is 140 g/mol. The first kappa shape index (κ1) is 7.02. The van der Waals surface area contributed by atoms with Crippen molar-refractivity contribution in [2.24, 2.45) is 0 Å². The van der Waals surface area contributed by atoms with E-state index in [4.69, 9.17) is 5.11 Å². The van der Waals surface area contributed by atoms with Crippen molar-refractivity contribution in [1.29, 1.82) is 0 Å². The molecule has 0 radical (unpaired) electrons. The van der Waals surface area contributed by atoms with Crippen molar-refractivity contribution in [3.8, 4) is 0 Å². The topological polar surface area (TPSA) is 46.5 Å². The predicted octanol–water partition coefficient (Wildman–Crippen LogP) is 0.364. The fourth-order valence-corrected chi connectivity index (χ4v) is 0.742. The minimum Gasteiger partial charge on any atom is -0.428 e. The van der Waals surface area contributed by atoms with Crippen LogP contribution in [-0.2, 0) is 9.53 Å². The largest absolute Gasteiger partial charge is 0.428 e. The van der Waals surface area contributed by atoms with Gasteiger partial charge in [0, 0.05) is 11.6 Å². The molecule has 1 heterocycles. The van der Waals surface area contributed by atoms with Crippen LogP contribution in [-0.4, -0.2) is 17.4 Å². The third kappa shape index (κ3) is 1.25. The molecule has 1 unspecified atom stereocenters. The summed E-state index contributed by atoms with van der Waals surface area (Å²) in [6.45, 7) is 1.80. The van der Waals surface area contributed by atoms with Crippen LogP contribution >= 0.6 is 0 Å². The number of carbonyl (C=O) groups is 1. The number of esters is 1. The summed E-state index contributed by atoms with van der Waals surface area (Å²) in [5.41, 5.74) is 0.507. The maximum Gasteiger partial charge on any atom is 0.333 e. The highest BCUT2D eigenvalue weighted by Crippen LogP contribution is 2.13. The average Bonchev–Trinajstić information content (AvgIpc) is 2.13. The van der Waals surface area contributed by atoms with Gasteiger partial charge in [-0.1, -0.05) is 12.2 Å². The van der Waals surface area contributed by atoms with Crippen LogP contribution in [0, 0.1) is 0 Å². The van der Waals surface area contributed by atoms with Gasteiger partial charge in [-0.25, -0.2) is 4.79 Å². The van der Waals surface area contributed by atoms with Crippen LogP contribution in [0.25, 0.3) is 0 Å². The van der Waals surface area contributed by atoms with Crippen molar-refractivity contribution in [3.05, 3.63) is 23.8 Å². The number of hydrogen-bond acceptors (Lipinski definition) is 3. The first-order valence-corrected chi connectivity index (χ1v) is 2.97. The van der Waals surface area contributed by atoms with Crippen molar-refractivity contribution < 1.29 is 14.6 Å². The van der Waals surface area contributed by atoms with Crippen molar-refractivity contribution in [3.63, 3.8) is 0 Å². The molecule has 0 spiro atoms. The van der Waals surface area contributed by atoms with Gasteiger partial charge in [0.05, 0.1) is 0 Å². The number of cyclic esters (lactones) is 1. The Bertz CT molecular complexity index is 203. The van der Waals surface area contributed by atoms with Gasteiger partial charge in [0.2, 0.25) is 6.29 Å². The summed E-state index contributed by atoms with van der Waals surface area (Å²) in [7, 11) is 0. The van der Waals surface area contributed by atoms with Crippen molar-refractivity contribution >= 4 is 5.97 Å². The fourth-order valence-electron chi connectivity index (χ4n) is 0.742. The molecule has 0 saturated heterocycles. The number of hydrogen-bond donors (Lipinski definition) is 1. The van der Waals surface area contributed by atoms with E-state index < -0.39 is 12.3 Å². The number of aliphatic hydroxyl groups is 1. The third-order valence-electron chi connectivity index (χ3n) is 1.16. The molecule has 0 aromatic carbocycles. The molecule has 0 bridgehead atoms. The van der Waals surface area contributed by atoms with Crippen LogP contribution in [0.3, 0.4) is 0 Å². The SMILES string of the molecule is C/C=C/C1=CC(=O)OC1O. The summed E-state index contributed by atoms with van der Waals surface area (Å²) in [6.07, 6.45) is 3.57. The summed E-state index contributed by atoms with van der Waals surface area (Å²) in [5.74, 6) is -0.486. The molecule has 3 heteroatoms. The molecule has 0 fully saturated rings. The molecule has 0 aromatic rings. The summed E-state index contributed by atoms with van der Waals surface area (Å²) in [5, 5.41) is 8.93. The molecule has 1 aliphatic rings. The maximum atomic E-state index is 10.4. The molecule has 10 heavy (non-hydrogen) atoms. The van der Waals surface area contributed by atoms with Gasteiger partial charge in [-0.2, -0.15) is 0 Å². The van der Waals surface area contributed by atoms with Gasteiger partial charge in [0.1, 0.15) is 0 Å². The number of carbonyl (C=O) groups excluding carboxylic acids is 1. The molecule has 54 valence electrons. The van der Waals surface area contributed by atoms with Crippen molar-refractivity contribution in [2.45, 2.75) is 13.2 Å². The second-order valence-corrected chi connectivity index (χ2v) is 1.93. The lowest BCUT2D eigenvalue weighted by Crippen LogP contribution is -2.08. The molecule has 3 nitrogen and oxygen atoms in total. The molecular weight excluding hydrogens is 132 g/mol. The van der Waals surface area contributed by atoms with E-state index in [1.165, 1.54) is 6.08 Å². The number of rotatable bonds is 1. The Morgan fingerprint density at radius 3 is 2.90 bits per heavy atom. The summed E-state index contributed by atoms with van der Waals surface area (Å²) < 4.78 is 4.40. The van der Waals surface area contributed by atoms with Crippen LogP contribution in [0.1, 0.15) is 6.92 Å². The van der Waals surface area contributed by atoms with E-state index in [0.29, 0.717) is 5.57 Å². The van der Waals surface area contributed by atoms with Crippen molar-refractivity contribution in [2.75, 3.05) is 0 Å². The molecule has 0 aliphatic carbocycles.